The Morgan fingerprint density at radius 1 is 0.643 bits per heavy atom. The molecule has 0 bridgehead atoms. The minimum absolute atomic E-state index is 0.00463. The van der Waals surface area contributed by atoms with Gasteiger partial charge < -0.3 is 13.6 Å². The zero-order chi connectivity index (χ0) is 39.1. The molecule has 0 aliphatic rings. The summed E-state index contributed by atoms with van der Waals surface area (Å²) in [6.07, 6.45) is 5.35. The number of fused-ring (bicyclic) bond motifs is 8. The van der Waals surface area contributed by atoms with E-state index in [0.29, 0.717) is 5.56 Å². The number of furan rings is 1. The van der Waals surface area contributed by atoms with Crippen LogP contribution in [0.15, 0.2) is 167 Å². The summed E-state index contributed by atoms with van der Waals surface area (Å²) < 4.78 is 38.1. The van der Waals surface area contributed by atoms with Crippen LogP contribution in [-0.4, -0.2) is 17.6 Å². The van der Waals surface area contributed by atoms with E-state index in [0.717, 1.165) is 77.3 Å². The Morgan fingerprint density at radius 3 is 1.89 bits per heavy atom. The summed E-state index contributed by atoms with van der Waals surface area (Å²) in [4.78, 5) is 0.289. The fourth-order valence-corrected chi connectivity index (χ4v) is 8.59. The zero-order valence-corrected chi connectivity index (χ0v) is 31.3. The van der Waals surface area contributed by atoms with Crippen molar-refractivity contribution in [1.82, 2.24) is 9.13 Å². The minimum Gasteiger partial charge on any atom is -0.456 e. The first kappa shape index (κ1) is 35.6. The van der Waals surface area contributed by atoms with Gasteiger partial charge in [-0.15, -0.1) is 6.58 Å². The third-order valence-corrected chi connectivity index (χ3v) is 11.9. The smallest absolute Gasteiger partial charge is 0.206 e. The highest BCUT2D eigenvalue weighted by Crippen LogP contribution is 2.43. The SMILES string of the molecule is C=CC(C)C#N.C=Cc1c(C=C)n(-c2ccccc2)c2c1ccc1c3cc4c(cc3n(-c3ccc(S(=O)(=O)c5ccc(C#N)cc5)cc3)c12)oc1ccccc14. The van der Waals surface area contributed by atoms with Gasteiger partial charge in [-0.2, -0.15) is 10.5 Å². The highest BCUT2D eigenvalue weighted by Gasteiger charge is 2.24. The first-order valence-electron chi connectivity index (χ1n) is 17.9. The molecule has 1 atom stereocenters. The molecule has 6 aromatic carbocycles. The highest BCUT2D eigenvalue weighted by molar-refractivity contribution is 7.91. The molecule has 3 heterocycles. The topological polar surface area (TPSA) is 105 Å². The predicted molar refractivity (Wildman–Crippen MR) is 227 cm³/mol. The number of hydrogen-bond donors (Lipinski definition) is 0. The molecule has 0 amide bonds. The van der Waals surface area contributed by atoms with E-state index in [2.05, 4.69) is 71.3 Å². The second kappa shape index (κ2) is 14.1. The average molecular weight is 747 g/mol. The van der Waals surface area contributed by atoms with Crippen molar-refractivity contribution in [3.63, 3.8) is 0 Å². The van der Waals surface area contributed by atoms with E-state index in [4.69, 9.17) is 9.68 Å². The van der Waals surface area contributed by atoms with Crippen molar-refractivity contribution in [3.8, 4) is 23.5 Å². The van der Waals surface area contributed by atoms with Crippen LogP contribution >= 0.6 is 0 Å². The Kier molecular flexibility index (Phi) is 8.98. The lowest BCUT2D eigenvalue weighted by Crippen LogP contribution is -2.03. The second-order valence-electron chi connectivity index (χ2n) is 13.3. The van der Waals surface area contributed by atoms with E-state index in [-0.39, 0.29) is 15.7 Å². The van der Waals surface area contributed by atoms with Gasteiger partial charge in [-0.25, -0.2) is 8.42 Å². The molecule has 3 aromatic heterocycles. The number of nitriles is 2. The molecule has 9 rings (SSSR count). The normalized spacial score (nSPS) is 11.9. The van der Waals surface area contributed by atoms with Crippen molar-refractivity contribution < 1.29 is 12.8 Å². The fourth-order valence-electron chi connectivity index (χ4n) is 7.33. The maximum Gasteiger partial charge on any atom is 0.206 e. The Labute approximate surface area is 324 Å². The van der Waals surface area contributed by atoms with Gasteiger partial charge in [0.2, 0.25) is 9.84 Å². The molecule has 0 aliphatic heterocycles. The van der Waals surface area contributed by atoms with Crippen LogP contribution in [0.3, 0.4) is 0 Å². The van der Waals surface area contributed by atoms with Gasteiger partial charge in [-0.05, 0) is 85.8 Å². The van der Waals surface area contributed by atoms with Gasteiger partial charge in [0.05, 0.1) is 55.7 Å². The largest absolute Gasteiger partial charge is 0.456 e. The molecule has 0 radical (unpaired) electrons. The van der Waals surface area contributed by atoms with Gasteiger partial charge in [0.25, 0.3) is 0 Å². The van der Waals surface area contributed by atoms with Crippen molar-refractivity contribution in [2.45, 2.75) is 16.7 Å². The van der Waals surface area contributed by atoms with Crippen LogP contribution in [0, 0.1) is 28.6 Å². The quantitative estimate of drug-likeness (QED) is 0.151. The average Bonchev–Trinajstić information content (AvgIpc) is 3.89. The van der Waals surface area contributed by atoms with Gasteiger partial charge in [0.15, 0.2) is 0 Å². The summed E-state index contributed by atoms with van der Waals surface area (Å²) in [7, 11) is -3.82. The molecule has 8 heteroatoms. The van der Waals surface area contributed by atoms with Crippen molar-refractivity contribution >= 4 is 76.6 Å². The van der Waals surface area contributed by atoms with E-state index in [1.165, 1.54) is 24.3 Å². The standard InChI is InChI=1S/C43H27N3O3S.C5H7N/c1-3-32-34-22-23-35-36-24-37-33-12-8-9-13-40(33)49-41(37)25-39(36)46(43(35)42(34)45(38(32)4-2)28-10-6-5-7-11-28)29-16-20-31(21-17-29)50(47,48)30-18-14-27(26-44)15-19-30;1-3-5(2)4-6/h3-25H,1-2H2;3,5H,1H2,2H3. The molecule has 0 N–H and O–H groups in total. The first-order valence-corrected chi connectivity index (χ1v) is 19.4. The number of sulfone groups is 1. The molecule has 0 fully saturated rings. The lowest BCUT2D eigenvalue weighted by atomic mass is 10.1. The number of hydrogen-bond acceptors (Lipinski definition) is 5. The summed E-state index contributed by atoms with van der Waals surface area (Å²) in [6.45, 7) is 13.6. The summed E-state index contributed by atoms with van der Waals surface area (Å²) in [5, 5.41) is 22.4. The molecule has 0 saturated heterocycles. The van der Waals surface area contributed by atoms with Crippen LogP contribution in [0.1, 0.15) is 23.7 Å². The Bertz CT molecular complexity index is 3230. The van der Waals surface area contributed by atoms with Crippen LogP contribution in [0.5, 0.6) is 0 Å². The van der Waals surface area contributed by atoms with Crippen molar-refractivity contribution in [2.75, 3.05) is 0 Å². The van der Waals surface area contributed by atoms with Crippen LogP contribution in [0.2, 0.25) is 0 Å². The number of aromatic nitrogens is 2. The van der Waals surface area contributed by atoms with Crippen molar-refractivity contribution in [2.24, 2.45) is 5.92 Å². The van der Waals surface area contributed by atoms with E-state index in [1.807, 2.05) is 72.8 Å². The first-order chi connectivity index (χ1) is 27.2. The number of rotatable bonds is 7. The molecule has 0 aliphatic carbocycles. The third kappa shape index (κ3) is 5.68. The summed E-state index contributed by atoms with van der Waals surface area (Å²) in [5.41, 5.74) is 8.49. The van der Waals surface area contributed by atoms with Crippen LogP contribution in [-0.2, 0) is 9.84 Å². The van der Waals surface area contributed by atoms with Gasteiger partial charge in [-0.3, -0.25) is 0 Å². The maximum absolute atomic E-state index is 13.6. The Morgan fingerprint density at radius 2 is 1.27 bits per heavy atom. The fraction of sp³-hybridized carbons (Fsp3) is 0.0417. The number of nitrogens with zero attached hydrogens (tertiary/aromatic N) is 4. The molecule has 0 saturated carbocycles. The van der Waals surface area contributed by atoms with E-state index in [1.54, 1.807) is 25.1 Å². The van der Waals surface area contributed by atoms with E-state index < -0.39 is 9.84 Å². The van der Waals surface area contributed by atoms with Gasteiger partial charge in [0.1, 0.15) is 11.2 Å². The molecule has 270 valence electrons. The van der Waals surface area contributed by atoms with Gasteiger partial charge >= 0.3 is 0 Å². The molecule has 56 heavy (non-hydrogen) atoms. The van der Waals surface area contributed by atoms with Gasteiger partial charge in [-0.1, -0.05) is 73.8 Å². The number of benzene rings is 6. The summed E-state index contributed by atoms with van der Waals surface area (Å²) in [6, 6.07) is 43.8. The van der Waals surface area contributed by atoms with E-state index in [9.17, 15) is 13.7 Å². The number of allylic oxidation sites excluding steroid dienone is 1. The molecule has 9 aromatic rings. The lowest BCUT2D eigenvalue weighted by molar-refractivity contribution is 0.596. The molecule has 0 spiro atoms. The van der Waals surface area contributed by atoms with Crippen LogP contribution in [0.25, 0.3) is 78.2 Å². The Balaban J connectivity index is 0.000000684. The van der Waals surface area contributed by atoms with E-state index >= 15 is 0 Å². The maximum atomic E-state index is 13.6. The lowest BCUT2D eigenvalue weighted by Gasteiger charge is -2.13. The second-order valence-corrected chi connectivity index (χ2v) is 15.3. The monoisotopic (exact) mass is 746 g/mol. The van der Waals surface area contributed by atoms with Gasteiger partial charge in [0, 0.05) is 49.9 Å². The van der Waals surface area contributed by atoms with Crippen molar-refractivity contribution in [3.05, 3.63) is 170 Å². The predicted octanol–water partition coefficient (Wildman–Crippen LogP) is 11.9. The summed E-state index contributed by atoms with van der Waals surface area (Å²) >= 11 is 0. The summed E-state index contributed by atoms with van der Waals surface area (Å²) in [5.74, 6) is 0.00463. The highest BCUT2D eigenvalue weighted by atomic mass is 32.2. The van der Waals surface area contributed by atoms with Crippen molar-refractivity contribution in [1.29, 1.82) is 10.5 Å². The van der Waals surface area contributed by atoms with Crippen LogP contribution in [0.4, 0.5) is 0 Å². The number of para-hydroxylation sites is 2. The molecule has 1 unspecified atom stereocenters. The molecular formula is C48H34N4O3S. The molecular weight excluding hydrogens is 713 g/mol. The van der Waals surface area contributed by atoms with Crippen LogP contribution < -0.4 is 0 Å². The minimum atomic E-state index is -3.82. The zero-order valence-electron chi connectivity index (χ0n) is 30.5. The third-order valence-electron chi connectivity index (χ3n) is 10.1. The molecule has 7 nitrogen and oxygen atoms in total. The Hall–Kier alpha value is -7.39.